The maximum Gasteiger partial charge on any atom is 0.303 e. The van der Waals surface area contributed by atoms with E-state index in [1.54, 1.807) is 42.5 Å². The summed E-state index contributed by atoms with van der Waals surface area (Å²) in [5.74, 6) is -0.563. The number of hydrogen-bond acceptors (Lipinski definition) is 3. The second-order valence-electron chi connectivity index (χ2n) is 3.73. The van der Waals surface area contributed by atoms with Crippen molar-refractivity contribution in [1.29, 1.82) is 0 Å². The zero-order valence-corrected chi connectivity index (χ0v) is 10.6. The summed E-state index contributed by atoms with van der Waals surface area (Å²) in [5.41, 5.74) is 0.197. The lowest BCUT2D eigenvalue weighted by molar-refractivity contribution is 0.100. The van der Waals surface area contributed by atoms with Crippen molar-refractivity contribution >= 4 is 15.6 Å². The van der Waals surface area contributed by atoms with Crippen molar-refractivity contribution in [2.45, 2.75) is 4.90 Å². The maximum absolute atomic E-state index is 12.4. The lowest BCUT2D eigenvalue weighted by Crippen LogP contribution is -2.05. The Balaban J connectivity index is 2.40. The van der Waals surface area contributed by atoms with Crippen LogP contribution in [0.25, 0.3) is 0 Å². The summed E-state index contributed by atoms with van der Waals surface area (Å²) in [7, 11) is -2.72. The molecule has 0 aliphatic rings. The Morgan fingerprint density at radius 1 is 1.11 bits per heavy atom. The van der Waals surface area contributed by atoms with E-state index < -0.39 is 15.6 Å². The summed E-state index contributed by atoms with van der Waals surface area (Å²) in [6.45, 7) is 0. The Labute approximate surface area is 106 Å². The van der Waals surface area contributed by atoms with E-state index in [1.165, 1.54) is 12.5 Å². The fourth-order valence-electron chi connectivity index (χ4n) is 1.42. The number of rotatable bonds is 2. The Morgan fingerprint density at radius 3 is 2.39 bits per heavy atom. The highest BCUT2D eigenvalue weighted by atomic mass is 32.2. The van der Waals surface area contributed by atoms with Crippen LogP contribution in [0.1, 0.15) is 10.5 Å². The average Bonchev–Trinajstić information content (AvgIpc) is 2.40. The van der Waals surface area contributed by atoms with E-state index in [4.69, 9.17) is 0 Å². The van der Waals surface area contributed by atoms with E-state index in [9.17, 15) is 9.00 Å². The summed E-state index contributed by atoms with van der Waals surface area (Å²) in [6, 6.07) is 13.7. The highest BCUT2D eigenvalue weighted by Gasteiger charge is 2.11. The zero-order chi connectivity index (χ0) is 13.0. The molecule has 18 heavy (non-hydrogen) atoms. The zero-order valence-electron chi connectivity index (χ0n) is 9.82. The molecule has 2 aromatic rings. The van der Waals surface area contributed by atoms with Crippen LogP contribution in [-0.2, 0) is 9.73 Å². The third-order valence-corrected chi connectivity index (χ3v) is 3.98. The van der Waals surface area contributed by atoms with Gasteiger partial charge in [0.05, 0.1) is 9.73 Å². The van der Waals surface area contributed by atoms with Gasteiger partial charge in [0.1, 0.15) is 5.69 Å². The van der Waals surface area contributed by atoms with Gasteiger partial charge in [-0.2, -0.15) is 4.36 Å². The first-order chi connectivity index (χ1) is 8.59. The van der Waals surface area contributed by atoms with Gasteiger partial charge >= 0.3 is 5.91 Å². The van der Waals surface area contributed by atoms with Gasteiger partial charge in [0.2, 0.25) is 0 Å². The van der Waals surface area contributed by atoms with Crippen molar-refractivity contribution < 1.29 is 9.00 Å². The summed E-state index contributed by atoms with van der Waals surface area (Å²) in [6.07, 6.45) is 2.95. The van der Waals surface area contributed by atoms with Gasteiger partial charge in [0.25, 0.3) is 0 Å². The first-order valence-electron chi connectivity index (χ1n) is 5.32. The van der Waals surface area contributed by atoms with Crippen LogP contribution >= 0.6 is 0 Å². The van der Waals surface area contributed by atoms with Crippen LogP contribution in [0.4, 0.5) is 0 Å². The van der Waals surface area contributed by atoms with Gasteiger partial charge in [-0.25, -0.2) is 4.21 Å². The topological polar surface area (TPSA) is 59.4 Å². The largest absolute Gasteiger partial charge is 0.303 e. The summed E-state index contributed by atoms with van der Waals surface area (Å²) >= 11 is 0. The molecule has 1 atom stereocenters. The van der Waals surface area contributed by atoms with E-state index in [-0.39, 0.29) is 5.69 Å². The van der Waals surface area contributed by atoms with E-state index in [2.05, 4.69) is 9.35 Å². The summed E-state index contributed by atoms with van der Waals surface area (Å²) in [5, 5.41) is 0. The molecule has 0 bridgehead atoms. The van der Waals surface area contributed by atoms with E-state index in [0.29, 0.717) is 4.90 Å². The summed E-state index contributed by atoms with van der Waals surface area (Å²) in [4.78, 5) is 16.2. The standard InChI is InChI=1S/C13H12N2O2S/c1-18(17,11-7-3-2-4-8-11)15-13(16)12-9-5-6-10-14-12/h2-10H,1H3. The van der Waals surface area contributed by atoms with Gasteiger partial charge in [-0.1, -0.05) is 24.3 Å². The van der Waals surface area contributed by atoms with Crippen LogP contribution in [-0.4, -0.2) is 21.4 Å². The van der Waals surface area contributed by atoms with Crippen LogP contribution < -0.4 is 0 Å². The number of amides is 1. The minimum Gasteiger partial charge on any atom is -0.264 e. The van der Waals surface area contributed by atoms with Crippen LogP contribution in [0, 0.1) is 0 Å². The second-order valence-corrected chi connectivity index (χ2v) is 5.99. The molecular weight excluding hydrogens is 248 g/mol. The molecule has 0 aliphatic heterocycles. The molecular formula is C13H12N2O2S. The Hall–Kier alpha value is -2.01. The normalized spacial score (nSPS) is 13.6. The third-order valence-electron chi connectivity index (χ3n) is 2.32. The van der Waals surface area contributed by atoms with Gasteiger partial charge in [-0.15, -0.1) is 0 Å². The van der Waals surface area contributed by atoms with Crippen LogP contribution in [0.15, 0.2) is 64.0 Å². The molecule has 1 unspecified atom stereocenters. The first kappa shape index (κ1) is 12.4. The molecule has 2 rings (SSSR count). The third kappa shape index (κ3) is 2.81. The number of pyridine rings is 1. The molecule has 0 saturated carbocycles. The van der Waals surface area contributed by atoms with E-state index >= 15 is 0 Å². The van der Waals surface area contributed by atoms with Crippen molar-refractivity contribution in [2.24, 2.45) is 4.36 Å². The quantitative estimate of drug-likeness (QED) is 0.833. The van der Waals surface area contributed by atoms with Crippen molar-refractivity contribution in [3.63, 3.8) is 0 Å². The van der Waals surface area contributed by atoms with Gasteiger partial charge in [0.15, 0.2) is 0 Å². The molecule has 1 aromatic heterocycles. The van der Waals surface area contributed by atoms with Crippen molar-refractivity contribution in [3.8, 4) is 0 Å². The molecule has 0 radical (unpaired) electrons. The molecule has 92 valence electrons. The monoisotopic (exact) mass is 260 g/mol. The smallest absolute Gasteiger partial charge is 0.264 e. The highest BCUT2D eigenvalue weighted by Crippen LogP contribution is 2.11. The molecule has 0 aliphatic carbocycles. The molecule has 1 amide bonds. The van der Waals surface area contributed by atoms with Crippen LogP contribution in [0.3, 0.4) is 0 Å². The van der Waals surface area contributed by atoms with Crippen molar-refractivity contribution in [1.82, 2.24) is 4.98 Å². The predicted molar refractivity (Wildman–Crippen MR) is 69.8 cm³/mol. The molecule has 0 fully saturated rings. The van der Waals surface area contributed by atoms with Gasteiger partial charge in [0, 0.05) is 17.3 Å². The fourth-order valence-corrected chi connectivity index (χ4v) is 2.60. The fraction of sp³-hybridized carbons (Fsp3) is 0.0769. The number of nitrogens with zero attached hydrogens (tertiary/aromatic N) is 2. The first-order valence-corrected chi connectivity index (χ1v) is 7.24. The number of aromatic nitrogens is 1. The SMILES string of the molecule is CS(=O)(=NC(=O)c1ccccn1)c1ccccc1. The van der Waals surface area contributed by atoms with E-state index in [0.717, 1.165) is 0 Å². The van der Waals surface area contributed by atoms with Crippen LogP contribution in [0.2, 0.25) is 0 Å². The van der Waals surface area contributed by atoms with Crippen molar-refractivity contribution in [3.05, 3.63) is 60.4 Å². The molecule has 5 heteroatoms. The number of hydrogen-bond donors (Lipinski definition) is 0. The number of carbonyl (C=O) groups excluding carboxylic acids is 1. The lowest BCUT2D eigenvalue weighted by Gasteiger charge is -2.02. The Kier molecular flexibility index (Phi) is 3.53. The summed E-state index contributed by atoms with van der Waals surface area (Å²) < 4.78 is 16.1. The van der Waals surface area contributed by atoms with Gasteiger partial charge in [-0.3, -0.25) is 9.78 Å². The highest BCUT2D eigenvalue weighted by molar-refractivity contribution is 7.93. The maximum atomic E-state index is 12.4. The minimum atomic E-state index is -2.72. The lowest BCUT2D eigenvalue weighted by atomic mass is 10.3. The van der Waals surface area contributed by atoms with Crippen LogP contribution in [0.5, 0.6) is 0 Å². The molecule has 0 N–H and O–H groups in total. The molecule has 4 nitrogen and oxygen atoms in total. The molecule has 1 heterocycles. The predicted octanol–water partition coefficient (Wildman–Crippen LogP) is 2.38. The number of benzene rings is 1. The number of carbonyl (C=O) groups is 1. The van der Waals surface area contributed by atoms with Gasteiger partial charge in [-0.05, 0) is 24.3 Å². The molecule has 1 aromatic carbocycles. The Bertz CT molecular complexity index is 660. The van der Waals surface area contributed by atoms with E-state index in [1.807, 2.05) is 6.07 Å². The average molecular weight is 260 g/mol. The Morgan fingerprint density at radius 2 is 1.78 bits per heavy atom. The van der Waals surface area contributed by atoms with Gasteiger partial charge < -0.3 is 0 Å². The molecule has 0 spiro atoms. The molecule has 0 saturated heterocycles. The minimum absolute atomic E-state index is 0.197. The van der Waals surface area contributed by atoms with Crippen molar-refractivity contribution in [2.75, 3.05) is 6.26 Å². The second kappa shape index (κ2) is 5.10.